The molecule has 0 saturated heterocycles. The fourth-order valence-corrected chi connectivity index (χ4v) is 3.27. The molecule has 1 aliphatic rings. The Bertz CT molecular complexity index is 674. The van der Waals surface area contributed by atoms with Gasteiger partial charge in [-0.2, -0.15) is 0 Å². The molecule has 0 bridgehead atoms. The summed E-state index contributed by atoms with van der Waals surface area (Å²) < 4.78 is 0. The molecule has 0 amide bonds. The van der Waals surface area contributed by atoms with Crippen LogP contribution in [0.3, 0.4) is 0 Å². The predicted octanol–water partition coefficient (Wildman–Crippen LogP) is 5.90. The maximum atomic E-state index is 2.43. The van der Waals surface area contributed by atoms with Crippen molar-refractivity contribution in [2.75, 3.05) is 0 Å². The summed E-state index contributed by atoms with van der Waals surface area (Å²) in [4.78, 5) is 0. The van der Waals surface area contributed by atoms with Crippen molar-refractivity contribution in [2.45, 2.75) is 40.0 Å². The molecule has 1 aliphatic carbocycles. The lowest BCUT2D eigenvalue weighted by Gasteiger charge is -2.12. The highest BCUT2D eigenvalue weighted by atomic mass is 14.2. The van der Waals surface area contributed by atoms with Crippen LogP contribution in [0, 0.1) is 5.92 Å². The lowest BCUT2D eigenvalue weighted by Crippen LogP contribution is -1.93. The number of hydrogen-bond donors (Lipinski definition) is 0. The topological polar surface area (TPSA) is 0 Å². The van der Waals surface area contributed by atoms with E-state index >= 15 is 0 Å². The molecule has 3 rings (SSSR count). The second-order valence-corrected chi connectivity index (χ2v) is 6.34. The molecular weight excluding hydrogens is 252 g/mol. The highest BCUT2D eigenvalue weighted by Gasteiger charge is 2.19. The van der Waals surface area contributed by atoms with Crippen LogP contribution >= 0.6 is 0 Å². The first-order chi connectivity index (χ1) is 10.2. The summed E-state index contributed by atoms with van der Waals surface area (Å²) in [6.07, 6.45) is 5.90. The molecule has 0 unspecified atom stereocenters. The van der Waals surface area contributed by atoms with E-state index in [1.54, 1.807) is 5.57 Å². The van der Waals surface area contributed by atoms with Crippen LogP contribution in [-0.2, 0) is 12.8 Å². The molecule has 0 atom stereocenters. The van der Waals surface area contributed by atoms with E-state index in [1.807, 2.05) is 0 Å². The zero-order valence-electron chi connectivity index (χ0n) is 13.3. The number of allylic oxidation sites excluding steroid dienone is 1. The van der Waals surface area contributed by atoms with Crippen LogP contribution in [0.1, 0.15) is 43.9 Å². The first-order valence-electron chi connectivity index (χ1n) is 8.11. The maximum absolute atomic E-state index is 2.43. The van der Waals surface area contributed by atoms with Crippen LogP contribution in [-0.4, -0.2) is 0 Å². The van der Waals surface area contributed by atoms with Gasteiger partial charge in [-0.1, -0.05) is 81.3 Å². The van der Waals surface area contributed by atoms with Gasteiger partial charge in [-0.15, -0.1) is 0 Å². The van der Waals surface area contributed by atoms with E-state index in [-0.39, 0.29) is 0 Å². The largest absolute Gasteiger partial charge is 0.0651 e. The Morgan fingerprint density at radius 1 is 0.952 bits per heavy atom. The monoisotopic (exact) mass is 276 g/mol. The van der Waals surface area contributed by atoms with Crippen molar-refractivity contribution in [3.63, 3.8) is 0 Å². The molecular formula is C21H24. The molecule has 0 radical (unpaired) electrons. The van der Waals surface area contributed by atoms with Crippen LogP contribution in [0.15, 0.2) is 48.0 Å². The summed E-state index contributed by atoms with van der Waals surface area (Å²) in [6, 6.07) is 15.7. The Balaban J connectivity index is 2.12. The van der Waals surface area contributed by atoms with Gasteiger partial charge in [0.2, 0.25) is 0 Å². The average Bonchev–Trinajstić information content (AvgIpc) is 2.92. The van der Waals surface area contributed by atoms with Crippen molar-refractivity contribution in [3.8, 4) is 11.1 Å². The van der Waals surface area contributed by atoms with Gasteiger partial charge in [-0.25, -0.2) is 0 Å². The van der Waals surface area contributed by atoms with Gasteiger partial charge < -0.3 is 0 Å². The highest BCUT2D eigenvalue weighted by Crippen LogP contribution is 2.37. The van der Waals surface area contributed by atoms with E-state index in [0.29, 0.717) is 5.92 Å². The molecule has 0 spiro atoms. The second-order valence-electron chi connectivity index (χ2n) is 6.34. The van der Waals surface area contributed by atoms with E-state index in [0.717, 1.165) is 12.8 Å². The van der Waals surface area contributed by atoms with Crippen molar-refractivity contribution in [2.24, 2.45) is 5.92 Å². The van der Waals surface area contributed by atoms with E-state index < -0.39 is 0 Å². The quantitative estimate of drug-likeness (QED) is 0.652. The molecule has 2 aromatic carbocycles. The van der Waals surface area contributed by atoms with Crippen molar-refractivity contribution in [3.05, 3.63) is 64.7 Å². The minimum absolute atomic E-state index is 0.635. The van der Waals surface area contributed by atoms with E-state index in [4.69, 9.17) is 0 Å². The summed E-state index contributed by atoms with van der Waals surface area (Å²) in [5.74, 6) is 0.635. The van der Waals surface area contributed by atoms with Gasteiger partial charge in [0, 0.05) is 0 Å². The molecule has 108 valence electrons. The third-order valence-corrected chi connectivity index (χ3v) is 4.49. The lowest BCUT2D eigenvalue weighted by molar-refractivity contribution is 0.754. The van der Waals surface area contributed by atoms with E-state index in [2.05, 4.69) is 69.3 Å². The van der Waals surface area contributed by atoms with Gasteiger partial charge in [0.05, 0.1) is 0 Å². The lowest BCUT2D eigenvalue weighted by atomic mass is 9.92. The third-order valence-electron chi connectivity index (χ3n) is 4.49. The van der Waals surface area contributed by atoms with Crippen molar-refractivity contribution >= 4 is 6.08 Å². The van der Waals surface area contributed by atoms with Crippen molar-refractivity contribution < 1.29 is 0 Å². The van der Waals surface area contributed by atoms with Crippen LogP contribution in [0.5, 0.6) is 0 Å². The van der Waals surface area contributed by atoms with Crippen LogP contribution in [0.2, 0.25) is 0 Å². The number of rotatable bonds is 4. The zero-order valence-corrected chi connectivity index (χ0v) is 13.3. The molecule has 0 N–H and O–H groups in total. The Hall–Kier alpha value is -1.82. The van der Waals surface area contributed by atoms with Gasteiger partial charge >= 0.3 is 0 Å². The van der Waals surface area contributed by atoms with Crippen molar-refractivity contribution in [1.29, 1.82) is 0 Å². The molecule has 0 heteroatoms. The fourth-order valence-electron chi connectivity index (χ4n) is 3.27. The van der Waals surface area contributed by atoms with Gasteiger partial charge in [0.1, 0.15) is 0 Å². The summed E-state index contributed by atoms with van der Waals surface area (Å²) in [7, 11) is 0. The Morgan fingerprint density at radius 2 is 1.71 bits per heavy atom. The number of fused-ring (bicyclic) bond motifs is 1. The van der Waals surface area contributed by atoms with E-state index in [1.165, 1.54) is 34.2 Å². The predicted molar refractivity (Wildman–Crippen MR) is 92.4 cm³/mol. The number of aryl methyl sites for hydroxylation is 1. The fraction of sp³-hybridized carbons (Fsp3) is 0.333. The van der Waals surface area contributed by atoms with Gasteiger partial charge in [0.25, 0.3) is 0 Å². The van der Waals surface area contributed by atoms with Crippen LogP contribution < -0.4 is 0 Å². The molecule has 2 aromatic rings. The zero-order chi connectivity index (χ0) is 14.8. The summed E-state index contributed by atoms with van der Waals surface area (Å²) >= 11 is 0. The standard InChI is InChI=1S/C21H24/c1-4-8-16-9-5-6-11-19(16)20-12-7-10-17-13-18(15(2)3)14-21(17)20/h5-7,9-12,14-15H,4,8,13H2,1-3H3. The van der Waals surface area contributed by atoms with E-state index in [9.17, 15) is 0 Å². The van der Waals surface area contributed by atoms with Crippen molar-refractivity contribution in [1.82, 2.24) is 0 Å². The van der Waals surface area contributed by atoms with Crippen LogP contribution in [0.4, 0.5) is 0 Å². The van der Waals surface area contributed by atoms with Gasteiger partial charge in [-0.3, -0.25) is 0 Å². The summed E-state index contributed by atoms with van der Waals surface area (Å²) in [5.41, 5.74) is 8.79. The minimum atomic E-state index is 0.635. The number of hydrogen-bond acceptors (Lipinski definition) is 0. The first kappa shape index (κ1) is 14.1. The average molecular weight is 276 g/mol. The molecule has 0 fully saturated rings. The first-order valence-corrected chi connectivity index (χ1v) is 8.11. The summed E-state index contributed by atoms with van der Waals surface area (Å²) in [6.45, 7) is 6.84. The SMILES string of the molecule is CCCc1ccccc1-c1cccc2c1C=C(C(C)C)C2. The van der Waals surface area contributed by atoms with Gasteiger partial charge in [-0.05, 0) is 46.6 Å². The molecule has 0 aliphatic heterocycles. The Morgan fingerprint density at radius 3 is 2.48 bits per heavy atom. The molecule has 0 nitrogen and oxygen atoms in total. The van der Waals surface area contributed by atoms with Crippen LogP contribution in [0.25, 0.3) is 17.2 Å². The Kier molecular flexibility index (Phi) is 3.96. The second kappa shape index (κ2) is 5.89. The molecule has 0 heterocycles. The summed E-state index contributed by atoms with van der Waals surface area (Å²) in [5, 5.41) is 0. The maximum Gasteiger partial charge on any atom is -0.00550 e. The van der Waals surface area contributed by atoms with Gasteiger partial charge in [0.15, 0.2) is 0 Å². The highest BCUT2D eigenvalue weighted by molar-refractivity contribution is 5.82. The molecule has 0 saturated carbocycles. The smallest absolute Gasteiger partial charge is 0.00550 e. The third kappa shape index (κ3) is 2.68. The molecule has 21 heavy (non-hydrogen) atoms. The molecule has 0 aromatic heterocycles. The normalized spacial score (nSPS) is 13.4. The minimum Gasteiger partial charge on any atom is -0.0651 e. The number of benzene rings is 2. The Labute approximate surface area is 128 Å².